The first-order valence-corrected chi connectivity index (χ1v) is 4.01. The monoisotopic (exact) mass is 232 g/mol. The van der Waals surface area contributed by atoms with Crippen molar-refractivity contribution in [3.8, 4) is 22.2 Å². The van der Waals surface area contributed by atoms with Crippen molar-refractivity contribution < 1.29 is 0 Å². The first-order chi connectivity index (χ1) is 4.41. The third-order valence-corrected chi connectivity index (χ3v) is 1.32. The summed E-state index contributed by atoms with van der Waals surface area (Å²) in [4.78, 5) is 0. The van der Waals surface area contributed by atoms with E-state index in [4.69, 9.17) is 6.42 Å². The van der Waals surface area contributed by atoms with E-state index in [1.54, 1.807) is 0 Å². The minimum Gasteiger partial charge on any atom is -0.120 e. The molecule has 0 radical (unpaired) electrons. The van der Waals surface area contributed by atoms with E-state index in [1.165, 1.54) is 0 Å². The smallest absolute Gasteiger partial charge is 0.0181 e. The van der Waals surface area contributed by atoms with E-state index >= 15 is 0 Å². The molecule has 0 aromatic heterocycles. The highest BCUT2D eigenvalue weighted by molar-refractivity contribution is 14.1. The molecule has 0 N–H and O–H groups in total. The maximum absolute atomic E-state index is 5.06. The lowest BCUT2D eigenvalue weighted by atomic mass is 10.2. The fraction of sp³-hybridized carbons (Fsp3) is 0.500. The highest BCUT2D eigenvalue weighted by Crippen LogP contribution is 1.96. The topological polar surface area (TPSA) is 0 Å². The molecule has 0 fully saturated rings. The van der Waals surface area contributed by atoms with Crippen molar-refractivity contribution in [2.24, 2.45) is 0 Å². The summed E-state index contributed by atoms with van der Waals surface area (Å²) in [5, 5.41) is 0. The van der Waals surface area contributed by atoms with Gasteiger partial charge in [0.05, 0.1) is 0 Å². The summed E-state index contributed by atoms with van der Waals surface area (Å²) < 4.78 is 2.81. The molecule has 0 aromatic carbocycles. The van der Waals surface area contributed by atoms with Crippen LogP contribution in [0, 0.1) is 22.2 Å². The van der Waals surface area contributed by atoms with Gasteiger partial charge in [0.1, 0.15) is 0 Å². The molecule has 0 spiro atoms. The van der Waals surface area contributed by atoms with Crippen LogP contribution in [0.15, 0.2) is 0 Å². The van der Waals surface area contributed by atoms with Crippen LogP contribution in [0.1, 0.15) is 25.7 Å². The number of halogens is 1. The molecule has 0 heterocycles. The molecule has 48 valence electrons. The van der Waals surface area contributed by atoms with Gasteiger partial charge in [-0.3, -0.25) is 0 Å². The Bertz CT molecular complexity index is 142. The molecule has 0 unspecified atom stereocenters. The minimum absolute atomic E-state index is 0.892. The third kappa shape index (κ3) is 7.85. The molecule has 0 amide bonds. The zero-order valence-electron chi connectivity index (χ0n) is 5.28. The maximum Gasteiger partial charge on any atom is 0.0181 e. The summed E-state index contributed by atoms with van der Waals surface area (Å²) in [5.41, 5.74) is 0. The second kappa shape index (κ2) is 7.85. The number of terminal acetylenes is 1. The highest BCUT2D eigenvalue weighted by atomic mass is 127. The summed E-state index contributed by atoms with van der Waals surface area (Å²) >= 11 is 2.05. The van der Waals surface area contributed by atoms with E-state index < -0.39 is 0 Å². The standard InChI is InChI=1S/C8H9I/c1-2-3-4-5-6-7-8-9/h1H,3-6H2. The van der Waals surface area contributed by atoms with Crippen molar-refractivity contribution >= 4 is 22.6 Å². The lowest BCUT2D eigenvalue weighted by molar-refractivity contribution is 0.783. The van der Waals surface area contributed by atoms with Crippen LogP contribution in [0.2, 0.25) is 0 Å². The second-order valence-electron chi connectivity index (χ2n) is 1.68. The normalized spacial score (nSPS) is 7.11. The van der Waals surface area contributed by atoms with Crippen LogP contribution >= 0.6 is 22.6 Å². The lowest BCUT2D eigenvalue weighted by Crippen LogP contribution is -1.71. The van der Waals surface area contributed by atoms with Crippen LogP contribution < -0.4 is 0 Å². The predicted molar refractivity (Wildman–Crippen MR) is 49.1 cm³/mol. The fourth-order valence-corrected chi connectivity index (χ4v) is 0.757. The van der Waals surface area contributed by atoms with Crippen LogP contribution in [0.4, 0.5) is 0 Å². The van der Waals surface area contributed by atoms with E-state index in [1.807, 2.05) is 22.6 Å². The molecule has 0 saturated carbocycles. The Kier molecular flexibility index (Phi) is 7.72. The van der Waals surface area contributed by atoms with Crippen molar-refractivity contribution in [2.75, 3.05) is 0 Å². The molecule has 0 aliphatic heterocycles. The predicted octanol–water partition coefficient (Wildman–Crippen LogP) is 2.58. The zero-order valence-corrected chi connectivity index (χ0v) is 7.44. The number of unbranched alkanes of at least 4 members (excludes halogenated alkanes) is 3. The average Bonchev–Trinajstić information content (AvgIpc) is 1.89. The molecule has 0 saturated heterocycles. The second-order valence-corrected chi connectivity index (χ2v) is 2.22. The molecule has 0 rings (SSSR count). The van der Waals surface area contributed by atoms with Gasteiger partial charge in [-0.25, -0.2) is 0 Å². The summed E-state index contributed by atoms with van der Waals surface area (Å²) in [7, 11) is 0. The molecule has 0 aliphatic rings. The van der Waals surface area contributed by atoms with Crippen LogP contribution in [-0.2, 0) is 0 Å². The van der Waals surface area contributed by atoms with E-state index in [2.05, 4.69) is 15.8 Å². The number of hydrogen-bond donors (Lipinski definition) is 0. The first kappa shape index (κ1) is 8.85. The van der Waals surface area contributed by atoms with Crippen LogP contribution in [0.3, 0.4) is 0 Å². The molecule has 1 heteroatoms. The molecule has 0 bridgehead atoms. The fourth-order valence-electron chi connectivity index (χ4n) is 0.488. The van der Waals surface area contributed by atoms with Gasteiger partial charge in [-0.2, -0.15) is 0 Å². The molecule has 0 aliphatic carbocycles. The maximum atomic E-state index is 5.06. The van der Waals surface area contributed by atoms with Gasteiger partial charge >= 0.3 is 0 Å². The van der Waals surface area contributed by atoms with E-state index in [-0.39, 0.29) is 0 Å². The molecular formula is C8H9I. The van der Waals surface area contributed by atoms with Crippen molar-refractivity contribution in [2.45, 2.75) is 25.7 Å². The SMILES string of the molecule is C#CCCCCC#CI. The van der Waals surface area contributed by atoms with Gasteiger partial charge in [0, 0.05) is 35.4 Å². The molecule has 9 heavy (non-hydrogen) atoms. The quantitative estimate of drug-likeness (QED) is 0.398. The largest absolute Gasteiger partial charge is 0.120 e. The Morgan fingerprint density at radius 3 is 2.44 bits per heavy atom. The Balaban J connectivity index is 2.91. The van der Waals surface area contributed by atoms with Crippen LogP contribution in [0.5, 0.6) is 0 Å². The Morgan fingerprint density at radius 1 is 1.22 bits per heavy atom. The van der Waals surface area contributed by atoms with Crippen molar-refractivity contribution in [3.63, 3.8) is 0 Å². The van der Waals surface area contributed by atoms with Gasteiger partial charge < -0.3 is 0 Å². The Labute approximate surface area is 70.6 Å². The Morgan fingerprint density at radius 2 is 1.89 bits per heavy atom. The summed E-state index contributed by atoms with van der Waals surface area (Å²) in [5.74, 6) is 5.57. The van der Waals surface area contributed by atoms with Gasteiger partial charge in [0.15, 0.2) is 0 Å². The summed E-state index contributed by atoms with van der Waals surface area (Å²) in [6, 6.07) is 0. The number of rotatable bonds is 3. The molecule has 0 aromatic rings. The minimum atomic E-state index is 0.892. The van der Waals surface area contributed by atoms with E-state index in [0.29, 0.717) is 0 Å². The Hall–Kier alpha value is -0.150. The molecule has 0 atom stereocenters. The van der Waals surface area contributed by atoms with E-state index in [0.717, 1.165) is 25.7 Å². The van der Waals surface area contributed by atoms with Gasteiger partial charge in [0.2, 0.25) is 0 Å². The molecular weight excluding hydrogens is 223 g/mol. The zero-order chi connectivity index (χ0) is 6.95. The van der Waals surface area contributed by atoms with Crippen LogP contribution in [0.25, 0.3) is 0 Å². The summed E-state index contributed by atoms with van der Waals surface area (Å²) in [6.07, 6.45) is 9.19. The van der Waals surface area contributed by atoms with Crippen molar-refractivity contribution in [1.82, 2.24) is 0 Å². The van der Waals surface area contributed by atoms with Crippen molar-refractivity contribution in [3.05, 3.63) is 0 Å². The van der Waals surface area contributed by atoms with E-state index in [9.17, 15) is 0 Å². The first-order valence-electron chi connectivity index (χ1n) is 2.93. The van der Waals surface area contributed by atoms with Gasteiger partial charge in [-0.05, 0) is 16.8 Å². The van der Waals surface area contributed by atoms with Gasteiger partial charge in [0.25, 0.3) is 0 Å². The summed E-state index contributed by atoms with van der Waals surface area (Å²) in [6.45, 7) is 0. The van der Waals surface area contributed by atoms with Crippen molar-refractivity contribution in [1.29, 1.82) is 0 Å². The van der Waals surface area contributed by atoms with Gasteiger partial charge in [-0.15, -0.1) is 12.3 Å². The lowest BCUT2D eigenvalue weighted by Gasteiger charge is -1.86. The van der Waals surface area contributed by atoms with Crippen LogP contribution in [-0.4, -0.2) is 0 Å². The average molecular weight is 232 g/mol. The highest BCUT2D eigenvalue weighted by Gasteiger charge is 1.80. The number of hydrogen-bond acceptors (Lipinski definition) is 0. The molecule has 0 nitrogen and oxygen atoms in total. The third-order valence-electron chi connectivity index (χ3n) is 0.940. The van der Waals surface area contributed by atoms with Gasteiger partial charge in [-0.1, -0.05) is 5.92 Å².